The SMILES string of the molecule is COc1c(C)ccc(NCc2sccc2Br)c1C. The first-order chi connectivity index (χ1) is 8.63. The maximum Gasteiger partial charge on any atom is 0.126 e. The zero-order chi connectivity index (χ0) is 13.1. The predicted molar refractivity (Wildman–Crippen MR) is 81.8 cm³/mol. The molecule has 0 aliphatic carbocycles. The Bertz CT molecular complexity index is 551. The minimum atomic E-state index is 0.825. The molecule has 2 aromatic rings. The summed E-state index contributed by atoms with van der Waals surface area (Å²) in [7, 11) is 1.72. The lowest BCUT2D eigenvalue weighted by atomic mass is 10.1. The molecule has 0 radical (unpaired) electrons. The highest BCUT2D eigenvalue weighted by molar-refractivity contribution is 9.10. The first kappa shape index (κ1) is 13.4. The third kappa shape index (κ3) is 2.70. The molecular formula is C14H16BrNOS. The standard InChI is InChI=1S/C14H16BrNOS/c1-9-4-5-12(10(2)14(9)17-3)16-8-13-11(15)6-7-18-13/h4-7,16H,8H2,1-3H3. The maximum absolute atomic E-state index is 5.43. The van der Waals surface area contributed by atoms with Crippen molar-refractivity contribution >= 4 is 33.0 Å². The molecule has 4 heteroatoms. The average molecular weight is 326 g/mol. The van der Waals surface area contributed by atoms with Gasteiger partial charge in [0.25, 0.3) is 0 Å². The fourth-order valence-electron chi connectivity index (χ4n) is 1.96. The molecular weight excluding hydrogens is 310 g/mol. The van der Waals surface area contributed by atoms with E-state index in [4.69, 9.17) is 4.74 Å². The Labute approximate surface area is 120 Å². The van der Waals surface area contributed by atoms with Crippen molar-refractivity contribution < 1.29 is 4.74 Å². The third-order valence-electron chi connectivity index (χ3n) is 2.94. The number of hydrogen-bond donors (Lipinski definition) is 1. The largest absolute Gasteiger partial charge is 0.496 e. The molecule has 2 rings (SSSR count). The van der Waals surface area contributed by atoms with E-state index in [2.05, 4.69) is 58.7 Å². The lowest BCUT2D eigenvalue weighted by molar-refractivity contribution is 0.409. The summed E-state index contributed by atoms with van der Waals surface area (Å²) in [6, 6.07) is 6.26. The van der Waals surface area contributed by atoms with Crippen LogP contribution in [-0.4, -0.2) is 7.11 Å². The van der Waals surface area contributed by atoms with Crippen molar-refractivity contribution in [2.24, 2.45) is 0 Å². The zero-order valence-electron chi connectivity index (χ0n) is 10.7. The van der Waals surface area contributed by atoms with Gasteiger partial charge in [0.15, 0.2) is 0 Å². The zero-order valence-corrected chi connectivity index (χ0v) is 13.1. The minimum absolute atomic E-state index is 0.825. The highest BCUT2D eigenvalue weighted by Crippen LogP contribution is 2.30. The molecule has 0 amide bonds. The van der Waals surface area contributed by atoms with Crippen LogP contribution in [0.25, 0.3) is 0 Å². The molecule has 0 atom stereocenters. The van der Waals surface area contributed by atoms with E-state index < -0.39 is 0 Å². The average Bonchev–Trinajstić information content (AvgIpc) is 2.75. The maximum atomic E-state index is 5.43. The fraction of sp³-hybridized carbons (Fsp3) is 0.286. The summed E-state index contributed by atoms with van der Waals surface area (Å²) >= 11 is 5.29. The minimum Gasteiger partial charge on any atom is -0.496 e. The molecule has 1 N–H and O–H groups in total. The lowest BCUT2D eigenvalue weighted by Crippen LogP contribution is -2.02. The number of rotatable bonds is 4. The van der Waals surface area contributed by atoms with Crippen molar-refractivity contribution in [3.8, 4) is 5.75 Å². The molecule has 0 saturated carbocycles. The van der Waals surface area contributed by atoms with Crippen LogP contribution in [-0.2, 0) is 6.54 Å². The second-order valence-electron chi connectivity index (χ2n) is 4.13. The monoisotopic (exact) mass is 325 g/mol. The molecule has 0 aliphatic heterocycles. The van der Waals surface area contributed by atoms with Crippen molar-refractivity contribution in [1.29, 1.82) is 0 Å². The molecule has 0 fully saturated rings. The molecule has 18 heavy (non-hydrogen) atoms. The van der Waals surface area contributed by atoms with Crippen LogP contribution in [0.5, 0.6) is 5.75 Å². The molecule has 0 unspecified atom stereocenters. The van der Waals surface area contributed by atoms with E-state index in [-0.39, 0.29) is 0 Å². The van der Waals surface area contributed by atoms with E-state index in [9.17, 15) is 0 Å². The number of halogens is 1. The summed E-state index contributed by atoms with van der Waals surface area (Å²) in [4.78, 5) is 1.30. The van der Waals surface area contributed by atoms with Gasteiger partial charge in [-0.2, -0.15) is 0 Å². The fourth-order valence-corrected chi connectivity index (χ4v) is 3.39. The number of aryl methyl sites for hydroxylation is 1. The second-order valence-corrected chi connectivity index (χ2v) is 5.99. The molecule has 0 bridgehead atoms. The molecule has 1 aromatic heterocycles. The Hall–Kier alpha value is -1.00. The van der Waals surface area contributed by atoms with Crippen LogP contribution in [0.1, 0.15) is 16.0 Å². The van der Waals surface area contributed by atoms with E-state index in [1.807, 2.05) is 0 Å². The molecule has 1 aromatic carbocycles. The number of benzene rings is 1. The van der Waals surface area contributed by atoms with E-state index >= 15 is 0 Å². The third-order valence-corrected chi connectivity index (χ3v) is 4.86. The van der Waals surface area contributed by atoms with Crippen LogP contribution in [0.4, 0.5) is 5.69 Å². The van der Waals surface area contributed by atoms with E-state index in [1.165, 1.54) is 4.88 Å². The smallest absolute Gasteiger partial charge is 0.126 e. The summed E-state index contributed by atoms with van der Waals surface area (Å²) in [6.07, 6.45) is 0. The van der Waals surface area contributed by atoms with Gasteiger partial charge in [-0.25, -0.2) is 0 Å². The van der Waals surface area contributed by atoms with Gasteiger partial charge in [0.2, 0.25) is 0 Å². The molecule has 1 heterocycles. The van der Waals surface area contributed by atoms with Gasteiger partial charge >= 0.3 is 0 Å². The first-order valence-corrected chi connectivity index (χ1v) is 7.40. The van der Waals surface area contributed by atoms with Gasteiger partial charge in [-0.3, -0.25) is 0 Å². The van der Waals surface area contributed by atoms with Crippen molar-refractivity contribution in [3.05, 3.63) is 44.1 Å². The highest BCUT2D eigenvalue weighted by Gasteiger charge is 2.08. The Kier molecular flexibility index (Phi) is 4.30. The predicted octanol–water partition coefficient (Wildman–Crippen LogP) is 4.75. The van der Waals surface area contributed by atoms with Crippen LogP contribution in [0.3, 0.4) is 0 Å². The van der Waals surface area contributed by atoms with Crippen molar-refractivity contribution in [1.82, 2.24) is 0 Å². The Morgan fingerprint density at radius 1 is 1.28 bits per heavy atom. The lowest BCUT2D eigenvalue weighted by Gasteiger charge is -2.14. The summed E-state index contributed by atoms with van der Waals surface area (Å²) < 4.78 is 6.59. The van der Waals surface area contributed by atoms with Crippen LogP contribution in [0, 0.1) is 13.8 Å². The molecule has 0 spiro atoms. The van der Waals surface area contributed by atoms with Crippen LogP contribution in [0.15, 0.2) is 28.1 Å². The number of anilines is 1. The highest BCUT2D eigenvalue weighted by atomic mass is 79.9. The summed E-state index contributed by atoms with van der Waals surface area (Å²) in [5.41, 5.74) is 3.45. The van der Waals surface area contributed by atoms with Gasteiger partial charge in [0.05, 0.1) is 13.7 Å². The molecule has 0 saturated heterocycles. The van der Waals surface area contributed by atoms with Crippen LogP contribution >= 0.6 is 27.3 Å². The number of nitrogens with one attached hydrogen (secondary N) is 1. The molecule has 96 valence electrons. The topological polar surface area (TPSA) is 21.3 Å². The van der Waals surface area contributed by atoms with Crippen LogP contribution < -0.4 is 10.1 Å². The molecule has 0 aliphatic rings. The Morgan fingerprint density at radius 2 is 2.06 bits per heavy atom. The number of thiophene rings is 1. The van der Waals surface area contributed by atoms with Gasteiger partial charge in [0, 0.05) is 20.6 Å². The quantitative estimate of drug-likeness (QED) is 0.875. The van der Waals surface area contributed by atoms with Crippen molar-refractivity contribution in [3.63, 3.8) is 0 Å². The van der Waals surface area contributed by atoms with E-state index in [0.29, 0.717) is 0 Å². The van der Waals surface area contributed by atoms with Gasteiger partial charge in [0.1, 0.15) is 5.75 Å². The summed E-state index contributed by atoms with van der Waals surface area (Å²) in [5.74, 6) is 0.963. The Morgan fingerprint density at radius 3 is 2.67 bits per heavy atom. The van der Waals surface area contributed by atoms with E-state index in [0.717, 1.165) is 33.6 Å². The van der Waals surface area contributed by atoms with Gasteiger partial charge in [-0.05, 0) is 52.9 Å². The van der Waals surface area contributed by atoms with Crippen molar-refractivity contribution in [2.75, 3.05) is 12.4 Å². The van der Waals surface area contributed by atoms with E-state index in [1.54, 1.807) is 18.4 Å². The Balaban J connectivity index is 2.18. The number of methoxy groups -OCH3 is 1. The molecule has 2 nitrogen and oxygen atoms in total. The van der Waals surface area contributed by atoms with Crippen molar-refractivity contribution in [2.45, 2.75) is 20.4 Å². The number of ether oxygens (including phenoxy) is 1. The van der Waals surface area contributed by atoms with Crippen LogP contribution in [0.2, 0.25) is 0 Å². The van der Waals surface area contributed by atoms with Gasteiger partial charge < -0.3 is 10.1 Å². The van der Waals surface area contributed by atoms with Gasteiger partial charge in [-0.15, -0.1) is 11.3 Å². The number of hydrogen-bond acceptors (Lipinski definition) is 3. The summed E-state index contributed by atoms with van der Waals surface area (Å²) in [5, 5.41) is 5.55. The van der Waals surface area contributed by atoms with Gasteiger partial charge in [-0.1, -0.05) is 6.07 Å². The normalized spacial score (nSPS) is 10.4. The first-order valence-electron chi connectivity index (χ1n) is 5.73. The summed E-state index contributed by atoms with van der Waals surface area (Å²) in [6.45, 7) is 4.97. The second kappa shape index (κ2) is 5.76.